The number of halogens is 2. The molecule has 6 heteroatoms. The van der Waals surface area contributed by atoms with E-state index in [1.165, 1.54) is 13.3 Å². The molecule has 1 aromatic rings. The number of nitrogens with zero attached hydrogens (tertiary/aromatic N) is 1. The Kier molecular flexibility index (Phi) is 2.49. The van der Waals surface area contributed by atoms with Gasteiger partial charge in [-0.1, -0.05) is 0 Å². The van der Waals surface area contributed by atoms with Crippen LogP contribution in [0.15, 0.2) is 18.3 Å². The zero-order valence-corrected chi connectivity index (χ0v) is 8.54. The highest BCUT2D eigenvalue weighted by Gasteiger charge is 2.61. The first kappa shape index (κ1) is 10.8. The summed E-state index contributed by atoms with van der Waals surface area (Å²) < 4.78 is 30.0. The van der Waals surface area contributed by atoms with E-state index in [4.69, 9.17) is 4.74 Å². The Labute approximate surface area is 90.6 Å². The standard InChI is InChI=1S/C10H10F2N2O2/c1-16-8-3-2-6(5-13-8)14-9(15)7-4-10(7,11)12/h2-3,5,7H,4H2,1H3,(H,14,15). The van der Waals surface area contributed by atoms with Crippen molar-refractivity contribution in [2.75, 3.05) is 12.4 Å². The van der Waals surface area contributed by atoms with Gasteiger partial charge in [-0.15, -0.1) is 0 Å². The molecule has 1 fully saturated rings. The maximum atomic E-state index is 12.6. The first-order valence-electron chi connectivity index (χ1n) is 4.71. The Balaban J connectivity index is 1.96. The van der Waals surface area contributed by atoms with E-state index >= 15 is 0 Å². The Hall–Kier alpha value is -1.72. The zero-order chi connectivity index (χ0) is 11.8. The van der Waals surface area contributed by atoms with Gasteiger partial charge in [0.25, 0.3) is 5.92 Å². The Morgan fingerprint density at radius 3 is 2.75 bits per heavy atom. The third-order valence-electron chi connectivity index (χ3n) is 2.36. The van der Waals surface area contributed by atoms with Crippen molar-refractivity contribution in [2.45, 2.75) is 12.3 Å². The summed E-state index contributed by atoms with van der Waals surface area (Å²) in [7, 11) is 1.46. The molecule has 0 radical (unpaired) electrons. The predicted octanol–water partition coefficient (Wildman–Crippen LogP) is 1.68. The molecule has 0 aromatic carbocycles. The summed E-state index contributed by atoms with van der Waals surface area (Å²) in [6.07, 6.45) is 0.986. The fraction of sp³-hybridized carbons (Fsp3) is 0.400. The van der Waals surface area contributed by atoms with E-state index in [0.717, 1.165) is 0 Å². The average molecular weight is 228 g/mol. The van der Waals surface area contributed by atoms with Gasteiger partial charge in [-0.25, -0.2) is 13.8 Å². The zero-order valence-electron chi connectivity index (χ0n) is 8.54. The van der Waals surface area contributed by atoms with Gasteiger partial charge in [0.15, 0.2) is 0 Å². The van der Waals surface area contributed by atoms with Gasteiger partial charge in [0.2, 0.25) is 11.8 Å². The SMILES string of the molecule is COc1ccc(NC(=O)C2CC2(F)F)cn1. The molecule has 1 amide bonds. The number of methoxy groups -OCH3 is 1. The van der Waals surface area contributed by atoms with Crippen molar-refractivity contribution in [3.8, 4) is 5.88 Å². The smallest absolute Gasteiger partial charge is 0.260 e. The van der Waals surface area contributed by atoms with Gasteiger partial charge in [-0.3, -0.25) is 4.79 Å². The first-order chi connectivity index (χ1) is 7.53. The van der Waals surface area contributed by atoms with Crippen molar-refractivity contribution in [3.05, 3.63) is 18.3 Å². The molecule has 1 aliphatic rings. The molecule has 1 saturated carbocycles. The van der Waals surface area contributed by atoms with Crippen LogP contribution in [0.3, 0.4) is 0 Å². The maximum absolute atomic E-state index is 12.6. The van der Waals surface area contributed by atoms with E-state index in [1.54, 1.807) is 12.1 Å². The number of alkyl halides is 2. The van der Waals surface area contributed by atoms with Gasteiger partial charge in [-0.05, 0) is 6.07 Å². The number of anilines is 1. The molecule has 16 heavy (non-hydrogen) atoms. The molecule has 0 aliphatic heterocycles. The quantitative estimate of drug-likeness (QED) is 0.856. The Morgan fingerprint density at radius 2 is 2.31 bits per heavy atom. The number of carbonyl (C=O) groups excluding carboxylic acids is 1. The number of aromatic nitrogens is 1. The lowest BCUT2D eigenvalue weighted by Crippen LogP contribution is -2.17. The van der Waals surface area contributed by atoms with E-state index in [-0.39, 0.29) is 6.42 Å². The second-order valence-corrected chi connectivity index (χ2v) is 3.60. The van der Waals surface area contributed by atoms with Crippen LogP contribution in [0.4, 0.5) is 14.5 Å². The Morgan fingerprint density at radius 1 is 1.62 bits per heavy atom. The van der Waals surface area contributed by atoms with Crippen molar-refractivity contribution in [1.82, 2.24) is 4.98 Å². The normalized spacial score (nSPS) is 21.3. The minimum absolute atomic E-state index is 0.373. The predicted molar refractivity (Wildman–Crippen MR) is 52.5 cm³/mol. The van der Waals surface area contributed by atoms with Crippen molar-refractivity contribution in [3.63, 3.8) is 0 Å². The van der Waals surface area contributed by atoms with Crippen LogP contribution in [0.25, 0.3) is 0 Å². The van der Waals surface area contributed by atoms with E-state index in [1.807, 2.05) is 0 Å². The van der Waals surface area contributed by atoms with Crippen molar-refractivity contribution in [2.24, 2.45) is 5.92 Å². The number of amides is 1. The third kappa shape index (κ3) is 2.10. The van der Waals surface area contributed by atoms with Crippen LogP contribution in [0, 0.1) is 5.92 Å². The van der Waals surface area contributed by atoms with E-state index in [2.05, 4.69) is 10.3 Å². The number of nitrogens with one attached hydrogen (secondary N) is 1. The van der Waals surface area contributed by atoms with Crippen LogP contribution in [-0.2, 0) is 4.79 Å². The van der Waals surface area contributed by atoms with E-state index < -0.39 is 17.7 Å². The number of hydrogen-bond acceptors (Lipinski definition) is 3. The molecular formula is C10H10F2N2O2. The second-order valence-electron chi connectivity index (χ2n) is 3.60. The fourth-order valence-electron chi connectivity index (χ4n) is 1.30. The van der Waals surface area contributed by atoms with E-state index in [0.29, 0.717) is 11.6 Å². The molecule has 1 aromatic heterocycles. The van der Waals surface area contributed by atoms with Gasteiger partial charge in [0, 0.05) is 12.5 Å². The molecule has 0 saturated heterocycles. The molecule has 1 heterocycles. The molecule has 2 rings (SSSR count). The lowest BCUT2D eigenvalue weighted by atomic mass is 10.3. The van der Waals surface area contributed by atoms with Crippen molar-refractivity contribution >= 4 is 11.6 Å². The molecular weight excluding hydrogens is 218 g/mol. The average Bonchev–Trinajstić information content (AvgIpc) is 2.89. The van der Waals surface area contributed by atoms with Crippen LogP contribution >= 0.6 is 0 Å². The molecule has 1 atom stereocenters. The molecule has 4 nitrogen and oxygen atoms in total. The van der Waals surface area contributed by atoms with Crippen molar-refractivity contribution < 1.29 is 18.3 Å². The monoisotopic (exact) mass is 228 g/mol. The molecule has 1 unspecified atom stereocenters. The summed E-state index contributed by atoms with van der Waals surface area (Å²) in [5, 5.41) is 2.37. The summed E-state index contributed by atoms with van der Waals surface area (Å²) in [6.45, 7) is 0. The van der Waals surface area contributed by atoms with Crippen molar-refractivity contribution in [1.29, 1.82) is 0 Å². The minimum atomic E-state index is -2.84. The van der Waals surface area contributed by atoms with Crippen LogP contribution < -0.4 is 10.1 Å². The van der Waals surface area contributed by atoms with Crippen LogP contribution in [0.2, 0.25) is 0 Å². The summed E-state index contributed by atoms with van der Waals surface area (Å²) in [5.74, 6) is -4.31. The molecule has 0 bridgehead atoms. The first-order valence-corrected chi connectivity index (χ1v) is 4.71. The molecule has 86 valence electrons. The largest absolute Gasteiger partial charge is 0.481 e. The Bertz CT molecular complexity index is 406. The number of rotatable bonds is 3. The van der Waals surface area contributed by atoms with Gasteiger partial charge in [0.05, 0.1) is 19.0 Å². The van der Waals surface area contributed by atoms with E-state index in [9.17, 15) is 13.6 Å². The number of pyridine rings is 1. The van der Waals surface area contributed by atoms with Gasteiger partial charge in [0.1, 0.15) is 5.92 Å². The highest BCUT2D eigenvalue weighted by molar-refractivity contribution is 5.95. The fourth-order valence-corrected chi connectivity index (χ4v) is 1.30. The lowest BCUT2D eigenvalue weighted by Gasteiger charge is -2.04. The number of ether oxygens (including phenoxy) is 1. The summed E-state index contributed by atoms with van der Waals surface area (Å²) in [4.78, 5) is 15.1. The van der Waals surface area contributed by atoms with Gasteiger partial charge in [-0.2, -0.15) is 0 Å². The molecule has 1 N–H and O–H groups in total. The highest BCUT2D eigenvalue weighted by Crippen LogP contribution is 2.49. The lowest BCUT2D eigenvalue weighted by molar-refractivity contribution is -0.119. The second kappa shape index (κ2) is 3.70. The molecule has 1 aliphatic carbocycles. The summed E-state index contributed by atoms with van der Waals surface area (Å²) in [5.41, 5.74) is 0.383. The third-order valence-corrected chi connectivity index (χ3v) is 2.36. The molecule has 0 spiro atoms. The summed E-state index contributed by atoms with van der Waals surface area (Å²) in [6, 6.07) is 3.09. The summed E-state index contributed by atoms with van der Waals surface area (Å²) >= 11 is 0. The highest BCUT2D eigenvalue weighted by atomic mass is 19.3. The number of carbonyl (C=O) groups is 1. The van der Waals surface area contributed by atoms with Crippen LogP contribution in [0.1, 0.15) is 6.42 Å². The van der Waals surface area contributed by atoms with Crippen LogP contribution in [-0.4, -0.2) is 23.9 Å². The maximum Gasteiger partial charge on any atom is 0.260 e. The topological polar surface area (TPSA) is 51.2 Å². The minimum Gasteiger partial charge on any atom is -0.481 e. The van der Waals surface area contributed by atoms with Gasteiger partial charge < -0.3 is 10.1 Å². The van der Waals surface area contributed by atoms with Gasteiger partial charge >= 0.3 is 0 Å². The van der Waals surface area contributed by atoms with Crippen LogP contribution in [0.5, 0.6) is 5.88 Å². The number of hydrogen-bond donors (Lipinski definition) is 1.